The van der Waals surface area contributed by atoms with E-state index in [1.54, 1.807) is 14.2 Å². The van der Waals surface area contributed by atoms with Gasteiger partial charge in [0.1, 0.15) is 24.6 Å². The topological polar surface area (TPSA) is 107 Å². The highest BCUT2D eigenvalue weighted by atomic mass is 16.6. The summed E-state index contributed by atoms with van der Waals surface area (Å²) in [6.07, 6.45) is 5.01. The van der Waals surface area contributed by atoms with Crippen LogP contribution in [0.15, 0.2) is 42.5 Å². The summed E-state index contributed by atoms with van der Waals surface area (Å²) in [5.41, 5.74) is 2.44. The molecule has 0 radical (unpaired) electrons. The van der Waals surface area contributed by atoms with E-state index < -0.39 is 41.6 Å². The molecule has 4 aliphatic rings. The van der Waals surface area contributed by atoms with Crippen molar-refractivity contribution >= 4 is 17.9 Å². The van der Waals surface area contributed by atoms with Crippen LogP contribution in [0.1, 0.15) is 139 Å². The number of hydrogen-bond acceptors (Lipinski definition) is 9. The fraction of sp³-hybridized carbons (Fsp3) is 0.659. The summed E-state index contributed by atoms with van der Waals surface area (Å²) in [6, 6.07) is 13.9. The maximum absolute atomic E-state index is 14.4. The van der Waals surface area contributed by atoms with Crippen LogP contribution in [0, 0.1) is 35.0 Å². The van der Waals surface area contributed by atoms with Crippen LogP contribution in [0.4, 0.5) is 0 Å². The van der Waals surface area contributed by atoms with Crippen molar-refractivity contribution in [1.29, 1.82) is 0 Å². The van der Waals surface area contributed by atoms with E-state index >= 15 is 0 Å². The summed E-state index contributed by atoms with van der Waals surface area (Å²) in [4.78, 5) is 41.5. The molecule has 9 heteroatoms. The standard InChI is InChI=1S/C44H60O9/c1-25(2)19-33(26(3)4)41(45)52-38-32-22-36-40(38)53-43(47)44(36,23-32)42(46)51-37(30-17-13-10-14-18-30)24-50-39-34(27(5)48-7)20-31(21-35(39)28(6)49-8)29-15-11-9-12-16-29/h10,13-14,17-18,20-21,25-29,32-33,36-38,40H,9,11-12,15-16,19,22-24H2,1-8H3. The molecule has 3 saturated carbocycles. The lowest BCUT2D eigenvalue weighted by molar-refractivity contribution is -0.171. The second kappa shape index (κ2) is 16.5. The molecule has 9 nitrogen and oxygen atoms in total. The van der Waals surface area contributed by atoms with Crippen molar-refractivity contribution in [2.45, 2.75) is 129 Å². The first-order valence-corrected chi connectivity index (χ1v) is 19.9. The number of benzene rings is 2. The van der Waals surface area contributed by atoms with Crippen LogP contribution in [0.2, 0.25) is 0 Å². The van der Waals surface area contributed by atoms with Gasteiger partial charge in [-0.3, -0.25) is 14.4 Å². The van der Waals surface area contributed by atoms with E-state index in [1.165, 1.54) is 24.8 Å². The third kappa shape index (κ3) is 7.75. The monoisotopic (exact) mass is 732 g/mol. The van der Waals surface area contributed by atoms with E-state index in [1.807, 2.05) is 58.0 Å². The molecule has 9 atom stereocenters. The van der Waals surface area contributed by atoms with Crippen molar-refractivity contribution < 1.29 is 42.8 Å². The maximum Gasteiger partial charge on any atom is 0.324 e. The molecule has 2 aromatic carbocycles. The molecule has 1 heterocycles. The average Bonchev–Trinajstić information content (AvgIpc) is 3.78. The zero-order valence-corrected chi connectivity index (χ0v) is 32.9. The Bertz CT molecular complexity index is 1570. The molecular formula is C44H60O9. The lowest BCUT2D eigenvalue weighted by atomic mass is 9.73. The Balaban J connectivity index is 1.24. The van der Waals surface area contributed by atoms with Gasteiger partial charge in [-0.15, -0.1) is 0 Å². The molecule has 53 heavy (non-hydrogen) atoms. The Labute approximate surface area is 315 Å². The first-order chi connectivity index (χ1) is 25.4. The molecule has 2 aromatic rings. The Morgan fingerprint density at radius 2 is 1.55 bits per heavy atom. The highest BCUT2D eigenvalue weighted by molar-refractivity contribution is 6.03. The lowest BCUT2D eigenvalue weighted by Crippen LogP contribution is -2.46. The summed E-state index contributed by atoms with van der Waals surface area (Å²) in [5.74, 6) is -0.667. The Morgan fingerprint density at radius 3 is 2.13 bits per heavy atom. The van der Waals surface area contributed by atoms with Gasteiger partial charge in [0.15, 0.2) is 11.5 Å². The van der Waals surface area contributed by atoms with Crippen molar-refractivity contribution in [2.75, 3.05) is 20.8 Å². The predicted octanol–water partition coefficient (Wildman–Crippen LogP) is 8.99. The van der Waals surface area contributed by atoms with E-state index in [-0.39, 0.29) is 49.0 Å². The van der Waals surface area contributed by atoms with Gasteiger partial charge in [0, 0.05) is 37.2 Å². The molecule has 4 fully saturated rings. The lowest BCUT2D eigenvalue weighted by Gasteiger charge is -2.33. The summed E-state index contributed by atoms with van der Waals surface area (Å²) in [5, 5.41) is 0. The smallest absolute Gasteiger partial charge is 0.324 e. The maximum atomic E-state index is 14.4. The van der Waals surface area contributed by atoms with Crippen LogP contribution in [0.3, 0.4) is 0 Å². The number of esters is 3. The first-order valence-electron chi connectivity index (χ1n) is 19.9. The SMILES string of the molecule is COC(C)c1cc(C2CCCCC2)cc(C(C)OC)c1OCC(OC(=O)C12CC3CC1C(OC2=O)C3OC(=O)C(CC(C)C)C(C)C)c1ccccc1. The Kier molecular flexibility index (Phi) is 12.2. The van der Waals surface area contributed by atoms with Gasteiger partial charge in [-0.25, -0.2) is 0 Å². The quantitative estimate of drug-likeness (QED) is 0.0950. The Morgan fingerprint density at radius 1 is 0.906 bits per heavy atom. The van der Waals surface area contributed by atoms with E-state index in [2.05, 4.69) is 26.0 Å². The number of carbonyl (C=O) groups is 3. The number of carbonyl (C=O) groups excluding carboxylic acids is 3. The fourth-order valence-electron chi connectivity index (χ4n) is 9.46. The molecule has 1 saturated heterocycles. The molecule has 0 aromatic heterocycles. The number of ether oxygens (including phenoxy) is 6. The number of hydrogen-bond donors (Lipinski definition) is 0. The van der Waals surface area contributed by atoms with Gasteiger partial charge < -0.3 is 28.4 Å². The number of rotatable bonds is 16. The van der Waals surface area contributed by atoms with Crippen LogP contribution in [0.25, 0.3) is 0 Å². The van der Waals surface area contributed by atoms with Crippen LogP contribution in [-0.2, 0) is 38.1 Å². The first kappa shape index (κ1) is 39.3. The van der Waals surface area contributed by atoms with Crippen molar-refractivity contribution in [1.82, 2.24) is 0 Å². The van der Waals surface area contributed by atoms with E-state index in [9.17, 15) is 14.4 Å². The van der Waals surface area contributed by atoms with Crippen LogP contribution >= 0.6 is 0 Å². The summed E-state index contributed by atoms with van der Waals surface area (Å²) >= 11 is 0. The van der Waals surface area contributed by atoms with Gasteiger partial charge in [-0.05, 0) is 87.0 Å². The minimum atomic E-state index is -1.44. The largest absolute Gasteiger partial charge is 0.489 e. The third-order valence-electron chi connectivity index (χ3n) is 12.6. The second-order valence-corrected chi connectivity index (χ2v) is 16.8. The molecule has 2 bridgehead atoms. The predicted molar refractivity (Wildman–Crippen MR) is 200 cm³/mol. The molecule has 0 spiro atoms. The van der Waals surface area contributed by atoms with Gasteiger partial charge in [-0.1, -0.05) is 77.3 Å². The second-order valence-electron chi connectivity index (χ2n) is 16.8. The minimum Gasteiger partial charge on any atom is -0.489 e. The Hall–Kier alpha value is -3.43. The van der Waals surface area contributed by atoms with E-state index in [4.69, 9.17) is 28.4 Å². The molecule has 3 aliphatic carbocycles. The van der Waals surface area contributed by atoms with Gasteiger partial charge in [0.2, 0.25) is 0 Å². The normalized spacial score (nSPS) is 27.4. The van der Waals surface area contributed by atoms with Crippen LogP contribution in [0.5, 0.6) is 5.75 Å². The van der Waals surface area contributed by atoms with Crippen molar-refractivity contribution in [3.63, 3.8) is 0 Å². The van der Waals surface area contributed by atoms with Gasteiger partial charge in [-0.2, -0.15) is 0 Å². The summed E-state index contributed by atoms with van der Waals surface area (Å²) < 4.78 is 36.8. The molecule has 290 valence electrons. The van der Waals surface area contributed by atoms with Crippen LogP contribution < -0.4 is 4.74 Å². The van der Waals surface area contributed by atoms with Crippen molar-refractivity contribution in [3.05, 3.63) is 64.7 Å². The van der Waals surface area contributed by atoms with Gasteiger partial charge in [0.05, 0.1) is 18.1 Å². The van der Waals surface area contributed by atoms with Gasteiger partial charge >= 0.3 is 17.9 Å². The van der Waals surface area contributed by atoms with Crippen LogP contribution in [-0.4, -0.2) is 50.9 Å². The number of methoxy groups -OCH3 is 2. The minimum absolute atomic E-state index is 0.0146. The fourth-order valence-corrected chi connectivity index (χ4v) is 9.46. The molecule has 0 amide bonds. The van der Waals surface area contributed by atoms with Crippen molar-refractivity contribution in [3.8, 4) is 5.75 Å². The average molecular weight is 733 g/mol. The zero-order valence-electron chi connectivity index (χ0n) is 32.9. The van der Waals surface area contributed by atoms with E-state index in [0.29, 0.717) is 24.0 Å². The van der Waals surface area contributed by atoms with E-state index in [0.717, 1.165) is 36.0 Å². The highest BCUT2D eigenvalue weighted by Gasteiger charge is 2.75. The van der Waals surface area contributed by atoms with Crippen molar-refractivity contribution in [2.24, 2.45) is 35.0 Å². The summed E-state index contributed by atoms with van der Waals surface area (Å²) in [6.45, 7) is 12.3. The zero-order chi connectivity index (χ0) is 38.0. The number of fused-ring (bicyclic) bond motifs is 1. The van der Waals surface area contributed by atoms with Gasteiger partial charge in [0.25, 0.3) is 0 Å². The summed E-state index contributed by atoms with van der Waals surface area (Å²) in [7, 11) is 3.39. The third-order valence-corrected chi connectivity index (χ3v) is 12.6. The molecule has 0 N–H and O–H groups in total. The molecule has 6 rings (SSSR count). The molecule has 1 aliphatic heterocycles. The molecule has 9 unspecified atom stereocenters. The highest BCUT2D eigenvalue weighted by Crippen LogP contribution is 2.63. The molecular weight excluding hydrogens is 672 g/mol.